The Morgan fingerprint density at radius 3 is 2.58 bits per heavy atom. The molecule has 0 saturated carbocycles. The quantitative estimate of drug-likeness (QED) is 0.485. The van der Waals surface area contributed by atoms with Gasteiger partial charge in [-0.3, -0.25) is 14.9 Å². The summed E-state index contributed by atoms with van der Waals surface area (Å²) < 4.78 is 0. The highest BCUT2D eigenvalue weighted by Gasteiger charge is 2.25. The van der Waals surface area contributed by atoms with Gasteiger partial charge in [0.2, 0.25) is 0 Å². The van der Waals surface area contributed by atoms with E-state index in [1.807, 2.05) is 20.8 Å². The van der Waals surface area contributed by atoms with Gasteiger partial charge in [-0.2, -0.15) is 0 Å². The number of carbonyl (C=O) groups excluding carboxylic acids is 1. The lowest BCUT2D eigenvalue weighted by molar-refractivity contribution is -0.384. The molecular formula is C13H19N3O3. The fourth-order valence-electron chi connectivity index (χ4n) is 1.93. The van der Waals surface area contributed by atoms with Crippen LogP contribution in [0.1, 0.15) is 37.6 Å². The Morgan fingerprint density at radius 1 is 1.47 bits per heavy atom. The molecule has 0 aliphatic carbocycles. The number of para-hydroxylation sites is 1. The zero-order valence-electron chi connectivity index (χ0n) is 11.3. The second-order valence-corrected chi connectivity index (χ2v) is 4.73. The van der Waals surface area contributed by atoms with Gasteiger partial charge in [0.05, 0.1) is 4.92 Å². The molecule has 1 aromatic carbocycles. The van der Waals surface area contributed by atoms with Crippen molar-refractivity contribution in [2.24, 2.45) is 5.92 Å². The summed E-state index contributed by atoms with van der Waals surface area (Å²) in [6.07, 6.45) is 0.763. The number of nitrogens with zero attached hydrogens (tertiary/aromatic N) is 1. The van der Waals surface area contributed by atoms with Crippen molar-refractivity contribution in [1.29, 1.82) is 0 Å². The van der Waals surface area contributed by atoms with Crippen LogP contribution in [0, 0.1) is 16.0 Å². The maximum absolute atomic E-state index is 12.1. The molecule has 3 N–H and O–H groups in total. The third-order valence-corrected chi connectivity index (χ3v) is 3.06. The molecule has 0 radical (unpaired) electrons. The summed E-state index contributed by atoms with van der Waals surface area (Å²) in [5.41, 5.74) is 5.23. The van der Waals surface area contributed by atoms with E-state index in [2.05, 4.69) is 5.32 Å². The van der Waals surface area contributed by atoms with Crippen LogP contribution in [0.2, 0.25) is 0 Å². The topological polar surface area (TPSA) is 98.3 Å². The van der Waals surface area contributed by atoms with Gasteiger partial charge in [-0.15, -0.1) is 0 Å². The normalized spacial score (nSPS) is 12.2. The molecule has 0 fully saturated rings. The lowest BCUT2D eigenvalue weighted by Crippen LogP contribution is -2.38. The summed E-state index contributed by atoms with van der Waals surface area (Å²) in [5.74, 6) is -0.200. The highest BCUT2D eigenvalue weighted by Crippen LogP contribution is 2.26. The summed E-state index contributed by atoms with van der Waals surface area (Å²) in [5, 5.41) is 13.8. The molecular weight excluding hydrogens is 246 g/mol. The van der Waals surface area contributed by atoms with E-state index in [9.17, 15) is 14.9 Å². The number of nitro benzene ring substituents is 1. The number of benzene rings is 1. The number of amides is 1. The number of nitrogen functional groups attached to an aromatic ring is 1. The van der Waals surface area contributed by atoms with Crippen molar-refractivity contribution in [3.8, 4) is 0 Å². The average Bonchev–Trinajstić information content (AvgIpc) is 2.34. The van der Waals surface area contributed by atoms with Crippen LogP contribution in [-0.2, 0) is 0 Å². The van der Waals surface area contributed by atoms with Crippen molar-refractivity contribution >= 4 is 17.3 Å². The Balaban J connectivity index is 3.07. The van der Waals surface area contributed by atoms with E-state index in [4.69, 9.17) is 5.73 Å². The summed E-state index contributed by atoms with van der Waals surface area (Å²) >= 11 is 0. The van der Waals surface area contributed by atoms with E-state index in [-0.39, 0.29) is 28.9 Å². The van der Waals surface area contributed by atoms with Crippen molar-refractivity contribution in [3.63, 3.8) is 0 Å². The van der Waals surface area contributed by atoms with E-state index in [0.29, 0.717) is 0 Å². The number of rotatable bonds is 5. The molecule has 6 heteroatoms. The molecule has 1 rings (SSSR count). The van der Waals surface area contributed by atoms with Crippen molar-refractivity contribution in [3.05, 3.63) is 33.9 Å². The summed E-state index contributed by atoms with van der Waals surface area (Å²) in [6, 6.07) is 4.34. The van der Waals surface area contributed by atoms with Gasteiger partial charge in [-0.05, 0) is 24.5 Å². The van der Waals surface area contributed by atoms with Gasteiger partial charge in [0.25, 0.3) is 5.91 Å². The number of nitrogens with one attached hydrogen (secondary N) is 1. The summed E-state index contributed by atoms with van der Waals surface area (Å²) in [4.78, 5) is 22.5. The molecule has 104 valence electrons. The van der Waals surface area contributed by atoms with Gasteiger partial charge in [-0.1, -0.05) is 26.8 Å². The van der Waals surface area contributed by atoms with Gasteiger partial charge in [-0.25, -0.2) is 0 Å². The average molecular weight is 265 g/mol. The molecule has 0 heterocycles. The highest BCUT2D eigenvalue weighted by atomic mass is 16.6. The smallest absolute Gasteiger partial charge is 0.304 e. The molecule has 6 nitrogen and oxygen atoms in total. The zero-order valence-corrected chi connectivity index (χ0v) is 11.3. The summed E-state index contributed by atoms with van der Waals surface area (Å²) in [6.45, 7) is 5.93. The van der Waals surface area contributed by atoms with Crippen molar-refractivity contribution in [2.45, 2.75) is 33.2 Å². The number of anilines is 1. The first-order valence-corrected chi connectivity index (χ1v) is 6.22. The Hall–Kier alpha value is -2.11. The number of hydrogen-bond acceptors (Lipinski definition) is 4. The van der Waals surface area contributed by atoms with E-state index >= 15 is 0 Å². The van der Waals surface area contributed by atoms with Crippen LogP contribution in [0.4, 0.5) is 11.4 Å². The van der Waals surface area contributed by atoms with E-state index in [1.54, 1.807) is 0 Å². The number of hydrogen-bond donors (Lipinski definition) is 2. The molecule has 0 saturated heterocycles. The van der Waals surface area contributed by atoms with Crippen LogP contribution in [0.3, 0.4) is 0 Å². The molecule has 0 aliphatic rings. The minimum Gasteiger partial charge on any atom is -0.393 e. The second kappa shape index (κ2) is 6.17. The van der Waals surface area contributed by atoms with Crippen molar-refractivity contribution < 1.29 is 9.72 Å². The van der Waals surface area contributed by atoms with Crippen molar-refractivity contribution in [2.75, 3.05) is 5.73 Å². The van der Waals surface area contributed by atoms with Gasteiger partial charge in [0.1, 0.15) is 11.3 Å². The molecule has 0 spiro atoms. The minimum absolute atomic E-state index is 0.00380. The Kier molecular flexibility index (Phi) is 4.86. The SMILES string of the molecule is CCC(NC(=O)c1cccc(N)c1[N+](=O)[O-])C(C)C. The van der Waals surface area contributed by atoms with Crippen molar-refractivity contribution in [1.82, 2.24) is 5.32 Å². The van der Waals surface area contributed by atoms with E-state index < -0.39 is 10.8 Å². The summed E-state index contributed by atoms with van der Waals surface area (Å²) in [7, 11) is 0. The fourth-order valence-corrected chi connectivity index (χ4v) is 1.93. The maximum atomic E-state index is 12.1. The monoisotopic (exact) mass is 265 g/mol. The largest absolute Gasteiger partial charge is 0.393 e. The van der Waals surface area contributed by atoms with Gasteiger partial charge < -0.3 is 11.1 Å². The first-order valence-electron chi connectivity index (χ1n) is 6.22. The van der Waals surface area contributed by atoms with Crippen LogP contribution in [0.25, 0.3) is 0 Å². The van der Waals surface area contributed by atoms with E-state index in [1.165, 1.54) is 18.2 Å². The predicted octanol–water partition coefficient (Wildman–Crippen LogP) is 2.34. The minimum atomic E-state index is -0.624. The number of nitro groups is 1. The molecule has 0 aliphatic heterocycles. The molecule has 1 amide bonds. The first-order chi connectivity index (χ1) is 8.88. The Morgan fingerprint density at radius 2 is 2.11 bits per heavy atom. The standard InChI is InChI=1S/C13H19N3O3/c1-4-11(8(2)3)15-13(17)9-6-5-7-10(14)12(9)16(18)19/h5-8,11H,4,14H2,1-3H3,(H,15,17). The predicted molar refractivity (Wildman–Crippen MR) is 73.9 cm³/mol. The van der Waals surface area contributed by atoms with E-state index in [0.717, 1.165) is 6.42 Å². The lowest BCUT2D eigenvalue weighted by Gasteiger charge is -2.20. The van der Waals surface area contributed by atoms with Gasteiger partial charge >= 0.3 is 5.69 Å². The first kappa shape index (κ1) is 14.9. The Labute approximate surface area is 112 Å². The van der Waals surface area contributed by atoms with Crippen LogP contribution in [0.5, 0.6) is 0 Å². The third-order valence-electron chi connectivity index (χ3n) is 3.06. The number of nitrogens with two attached hydrogens (primary N) is 1. The molecule has 1 aromatic rings. The molecule has 0 bridgehead atoms. The molecule has 0 aromatic heterocycles. The van der Waals surface area contributed by atoms with Gasteiger partial charge in [0, 0.05) is 6.04 Å². The highest BCUT2D eigenvalue weighted by molar-refractivity contribution is 6.00. The molecule has 19 heavy (non-hydrogen) atoms. The van der Waals surface area contributed by atoms with Crippen LogP contribution >= 0.6 is 0 Å². The zero-order chi connectivity index (χ0) is 14.6. The van der Waals surface area contributed by atoms with Gasteiger partial charge in [0.15, 0.2) is 0 Å². The second-order valence-electron chi connectivity index (χ2n) is 4.73. The lowest BCUT2D eigenvalue weighted by atomic mass is 10.0. The fraction of sp³-hybridized carbons (Fsp3) is 0.462. The molecule has 1 unspecified atom stereocenters. The number of carbonyl (C=O) groups is 1. The Bertz CT molecular complexity index is 486. The maximum Gasteiger partial charge on any atom is 0.304 e. The van der Waals surface area contributed by atoms with Crippen LogP contribution in [0.15, 0.2) is 18.2 Å². The van der Waals surface area contributed by atoms with Crippen LogP contribution < -0.4 is 11.1 Å². The third kappa shape index (κ3) is 3.43. The van der Waals surface area contributed by atoms with Crippen LogP contribution in [-0.4, -0.2) is 16.9 Å². The molecule has 1 atom stereocenters.